The van der Waals surface area contributed by atoms with Crippen molar-refractivity contribution in [3.05, 3.63) is 22.4 Å². The van der Waals surface area contributed by atoms with Crippen LogP contribution in [0.1, 0.15) is 5.56 Å². The van der Waals surface area contributed by atoms with Gasteiger partial charge in [0.05, 0.1) is 0 Å². The van der Waals surface area contributed by atoms with E-state index in [1.54, 1.807) is 18.4 Å². The van der Waals surface area contributed by atoms with Gasteiger partial charge in [-0.25, -0.2) is 0 Å². The molecule has 1 heterocycles. The third-order valence-corrected chi connectivity index (χ3v) is 2.20. The fourth-order valence-electron chi connectivity index (χ4n) is 0.838. The van der Waals surface area contributed by atoms with Crippen LogP contribution >= 0.6 is 11.3 Å². The average molecular weight is 179 g/mol. The van der Waals surface area contributed by atoms with Crippen LogP contribution in [-0.4, -0.2) is 17.9 Å². The van der Waals surface area contributed by atoms with E-state index in [0.717, 1.165) is 5.56 Å². The Morgan fingerprint density at radius 3 is 3.08 bits per heavy atom. The zero-order chi connectivity index (χ0) is 8.97. The molecule has 0 aliphatic carbocycles. The molecule has 1 aromatic rings. The zero-order valence-corrected chi connectivity index (χ0v) is 7.60. The molecule has 12 heavy (non-hydrogen) atoms. The minimum Gasteiger partial charge on any atom is -0.331 e. The van der Waals surface area contributed by atoms with E-state index in [4.69, 9.17) is 6.42 Å². The summed E-state index contributed by atoms with van der Waals surface area (Å²) in [6.07, 6.45) is 4.96. The van der Waals surface area contributed by atoms with Crippen LogP contribution in [0.3, 0.4) is 0 Å². The minimum atomic E-state index is -0.277. The molecule has 1 amide bonds. The second-order valence-electron chi connectivity index (χ2n) is 2.44. The fraction of sp³-hybridized carbons (Fsp3) is 0.222. The maximum atomic E-state index is 10.9. The van der Waals surface area contributed by atoms with Gasteiger partial charge >= 0.3 is 0 Å². The monoisotopic (exact) mass is 179 g/mol. The molecule has 0 aliphatic rings. The number of hydrogen-bond donors (Lipinski definition) is 0. The lowest BCUT2D eigenvalue weighted by molar-refractivity contribution is -0.124. The topological polar surface area (TPSA) is 20.3 Å². The van der Waals surface area contributed by atoms with E-state index >= 15 is 0 Å². The molecule has 0 aliphatic heterocycles. The van der Waals surface area contributed by atoms with Crippen LogP contribution in [0.25, 0.3) is 0 Å². The number of hydrogen-bond acceptors (Lipinski definition) is 2. The molecular formula is C9H9NOS. The molecule has 62 valence electrons. The normalized spacial score (nSPS) is 9.00. The van der Waals surface area contributed by atoms with Gasteiger partial charge < -0.3 is 4.90 Å². The molecule has 3 heteroatoms. The Morgan fingerprint density at radius 1 is 1.83 bits per heavy atom. The number of carbonyl (C=O) groups is 1. The summed E-state index contributed by atoms with van der Waals surface area (Å²) >= 11 is 1.61. The highest BCUT2D eigenvalue weighted by Crippen LogP contribution is 2.07. The summed E-state index contributed by atoms with van der Waals surface area (Å²) in [5.74, 6) is 1.79. The predicted octanol–water partition coefficient (Wildman–Crippen LogP) is 1.34. The number of thiophene rings is 1. The Bertz CT molecular complexity index is 297. The van der Waals surface area contributed by atoms with Gasteiger partial charge in [0, 0.05) is 13.6 Å². The van der Waals surface area contributed by atoms with Crippen LogP contribution < -0.4 is 0 Å². The first-order valence-electron chi connectivity index (χ1n) is 3.47. The van der Waals surface area contributed by atoms with E-state index in [9.17, 15) is 4.79 Å². The van der Waals surface area contributed by atoms with Crippen molar-refractivity contribution in [1.82, 2.24) is 4.90 Å². The number of terminal acetylenes is 1. The summed E-state index contributed by atoms with van der Waals surface area (Å²) in [6, 6.07) is 1.98. The van der Waals surface area contributed by atoms with Crippen molar-refractivity contribution in [2.24, 2.45) is 0 Å². The summed E-state index contributed by atoms with van der Waals surface area (Å²) in [4.78, 5) is 12.4. The third-order valence-electron chi connectivity index (χ3n) is 1.47. The van der Waals surface area contributed by atoms with Gasteiger partial charge in [-0.05, 0) is 28.3 Å². The molecule has 0 N–H and O–H groups in total. The molecular weight excluding hydrogens is 170 g/mol. The summed E-state index contributed by atoms with van der Waals surface area (Å²) in [6.45, 7) is 0.590. The van der Waals surface area contributed by atoms with Crippen molar-refractivity contribution < 1.29 is 4.79 Å². The van der Waals surface area contributed by atoms with E-state index in [1.165, 1.54) is 4.90 Å². The summed E-state index contributed by atoms with van der Waals surface area (Å²) < 4.78 is 0. The molecule has 0 spiro atoms. The number of amides is 1. The van der Waals surface area contributed by atoms with E-state index in [1.807, 2.05) is 16.8 Å². The lowest BCUT2D eigenvalue weighted by Crippen LogP contribution is -2.23. The van der Waals surface area contributed by atoms with Crippen molar-refractivity contribution in [2.45, 2.75) is 6.54 Å². The standard InChI is InChI=1S/C9H9NOS/c1-3-9(11)10(2)6-8-4-5-12-7-8/h1,4-5,7H,6H2,2H3. The molecule has 0 radical (unpaired) electrons. The minimum absolute atomic E-state index is 0.277. The van der Waals surface area contributed by atoms with Crippen LogP contribution in [0.2, 0.25) is 0 Å². The Balaban J connectivity index is 2.54. The van der Waals surface area contributed by atoms with Crippen molar-refractivity contribution in [2.75, 3.05) is 7.05 Å². The number of nitrogens with zero attached hydrogens (tertiary/aromatic N) is 1. The fourth-order valence-corrected chi connectivity index (χ4v) is 1.50. The first kappa shape index (κ1) is 8.82. The maximum Gasteiger partial charge on any atom is 0.298 e. The number of carbonyl (C=O) groups excluding carboxylic acids is 1. The summed E-state index contributed by atoms with van der Waals surface area (Å²) in [5.41, 5.74) is 1.12. The lowest BCUT2D eigenvalue weighted by atomic mass is 10.3. The van der Waals surface area contributed by atoms with Crippen molar-refractivity contribution >= 4 is 17.2 Å². The highest BCUT2D eigenvalue weighted by Gasteiger charge is 2.04. The van der Waals surface area contributed by atoms with E-state index in [0.29, 0.717) is 6.54 Å². The van der Waals surface area contributed by atoms with Crippen LogP contribution in [0.5, 0.6) is 0 Å². The van der Waals surface area contributed by atoms with Crippen molar-refractivity contribution in [1.29, 1.82) is 0 Å². The highest BCUT2D eigenvalue weighted by molar-refractivity contribution is 7.07. The van der Waals surface area contributed by atoms with Gasteiger partial charge in [-0.15, -0.1) is 6.42 Å². The molecule has 0 unspecified atom stereocenters. The molecule has 0 saturated carbocycles. The van der Waals surface area contributed by atoms with Gasteiger partial charge in [0.2, 0.25) is 0 Å². The molecule has 0 saturated heterocycles. The second-order valence-corrected chi connectivity index (χ2v) is 3.22. The SMILES string of the molecule is C#CC(=O)N(C)Cc1ccsc1. The molecule has 2 nitrogen and oxygen atoms in total. The quantitative estimate of drug-likeness (QED) is 0.627. The lowest BCUT2D eigenvalue weighted by Gasteiger charge is -2.11. The highest BCUT2D eigenvalue weighted by atomic mass is 32.1. The molecule has 0 fully saturated rings. The Labute approximate surface area is 75.8 Å². The molecule has 1 rings (SSSR count). The Kier molecular flexibility index (Phi) is 2.89. The van der Waals surface area contributed by atoms with Gasteiger partial charge in [-0.2, -0.15) is 11.3 Å². The van der Waals surface area contributed by atoms with Gasteiger partial charge in [-0.1, -0.05) is 0 Å². The number of rotatable bonds is 2. The molecule has 0 bridgehead atoms. The first-order valence-corrected chi connectivity index (χ1v) is 4.41. The predicted molar refractivity (Wildman–Crippen MR) is 49.6 cm³/mol. The smallest absolute Gasteiger partial charge is 0.298 e. The third kappa shape index (κ3) is 2.11. The second kappa shape index (κ2) is 3.93. The van der Waals surface area contributed by atoms with Crippen LogP contribution in [0.15, 0.2) is 16.8 Å². The molecule has 0 aromatic carbocycles. The van der Waals surface area contributed by atoms with Gasteiger partial charge in [-0.3, -0.25) is 4.79 Å². The van der Waals surface area contributed by atoms with Crippen molar-refractivity contribution in [3.63, 3.8) is 0 Å². The van der Waals surface area contributed by atoms with Crippen LogP contribution in [0, 0.1) is 12.3 Å². The van der Waals surface area contributed by atoms with Crippen molar-refractivity contribution in [3.8, 4) is 12.3 Å². The largest absolute Gasteiger partial charge is 0.331 e. The van der Waals surface area contributed by atoms with E-state index in [2.05, 4.69) is 5.92 Å². The van der Waals surface area contributed by atoms with Crippen LogP contribution in [0.4, 0.5) is 0 Å². The Hall–Kier alpha value is -1.27. The van der Waals surface area contributed by atoms with Gasteiger partial charge in [0.15, 0.2) is 0 Å². The average Bonchev–Trinajstić information content (AvgIpc) is 2.55. The van der Waals surface area contributed by atoms with E-state index < -0.39 is 0 Å². The molecule has 0 atom stereocenters. The van der Waals surface area contributed by atoms with E-state index in [-0.39, 0.29) is 5.91 Å². The summed E-state index contributed by atoms with van der Waals surface area (Å²) in [5, 5.41) is 3.98. The molecule has 1 aromatic heterocycles. The summed E-state index contributed by atoms with van der Waals surface area (Å²) in [7, 11) is 1.69. The van der Waals surface area contributed by atoms with Gasteiger partial charge in [0.1, 0.15) is 0 Å². The van der Waals surface area contributed by atoms with Gasteiger partial charge in [0.25, 0.3) is 5.91 Å². The zero-order valence-electron chi connectivity index (χ0n) is 6.78. The van der Waals surface area contributed by atoms with Crippen LogP contribution in [-0.2, 0) is 11.3 Å². The maximum absolute atomic E-state index is 10.9. The first-order chi connectivity index (χ1) is 5.74. The Morgan fingerprint density at radius 2 is 2.58 bits per heavy atom.